The van der Waals surface area contributed by atoms with Gasteiger partial charge in [-0.15, -0.1) is 0 Å². The first kappa shape index (κ1) is 18.1. The Labute approximate surface area is 129 Å². The van der Waals surface area contributed by atoms with Gasteiger partial charge in [0.2, 0.25) is 10.0 Å². The molecule has 0 aliphatic rings. The molecule has 120 valence electrons. The van der Waals surface area contributed by atoms with Crippen LogP contribution in [-0.4, -0.2) is 32.9 Å². The molecule has 1 aromatic rings. The second-order valence-electron chi connectivity index (χ2n) is 5.30. The highest BCUT2D eigenvalue weighted by Crippen LogP contribution is 2.22. The number of hydrogen-bond acceptors (Lipinski definition) is 3. The molecule has 0 amide bonds. The minimum Gasteiger partial charge on any atom is -0.313 e. The maximum absolute atomic E-state index is 12.7. The topological polar surface area (TPSA) is 49.4 Å². The van der Waals surface area contributed by atoms with Gasteiger partial charge in [0.25, 0.3) is 0 Å². The van der Waals surface area contributed by atoms with Gasteiger partial charge in [0, 0.05) is 20.1 Å². The molecule has 0 fully saturated rings. The molecule has 1 aromatic carbocycles. The number of aryl methyl sites for hydroxylation is 1. The van der Waals surface area contributed by atoms with Crippen LogP contribution in [0.2, 0.25) is 0 Å². The van der Waals surface area contributed by atoms with Crippen LogP contribution in [-0.2, 0) is 23.0 Å². The highest BCUT2D eigenvalue weighted by molar-refractivity contribution is 7.89. The Hall–Kier alpha value is -0.910. The molecule has 0 bridgehead atoms. The predicted molar refractivity (Wildman–Crippen MR) is 87.9 cm³/mol. The van der Waals surface area contributed by atoms with E-state index in [0.29, 0.717) is 18.0 Å². The van der Waals surface area contributed by atoms with Gasteiger partial charge in [0.1, 0.15) is 0 Å². The smallest absolute Gasteiger partial charge is 0.243 e. The maximum Gasteiger partial charge on any atom is 0.243 e. The lowest BCUT2D eigenvalue weighted by molar-refractivity contribution is 0.467. The summed E-state index contributed by atoms with van der Waals surface area (Å²) in [5, 5.41) is 3.31. The van der Waals surface area contributed by atoms with Gasteiger partial charge in [-0.3, -0.25) is 0 Å². The Bertz CT molecular complexity index is 541. The minimum absolute atomic E-state index is 0.455. The average Bonchev–Trinajstić information content (AvgIpc) is 2.47. The summed E-state index contributed by atoms with van der Waals surface area (Å²) >= 11 is 0. The number of benzene rings is 1. The zero-order valence-corrected chi connectivity index (χ0v) is 14.5. The highest BCUT2D eigenvalue weighted by Gasteiger charge is 2.23. The molecule has 1 N–H and O–H groups in total. The third kappa shape index (κ3) is 4.80. The van der Waals surface area contributed by atoms with Crippen molar-refractivity contribution in [3.05, 3.63) is 29.3 Å². The van der Waals surface area contributed by atoms with Gasteiger partial charge in [-0.2, -0.15) is 0 Å². The molecular formula is C16H28N2O2S. The summed E-state index contributed by atoms with van der Waals surface area (Å²) in [5.41, 5.74) is 1.90. The first-order chi connectivity index (χ1) is 9.97. The normalized spacial score (nSPS) is 12.0. The number of nitrogens with zero attached hydrogens (tertiary/aromatic N) is 1. The van der Waals surface area contributed by atoms with Gasteiger partial charge in [0.05, 0.1) is 4.90 Å². The highest BCUT2D eigenvalue weighted by atomic mass is 32.2. The standard InChI is InChI=1S/C16H28N2O2S/c1-5-10-17-13-14-8-9-15(7-3)16(12-14)21(19,20)18(4)11-6-2/h8-9,12,17H,5-7,10-11,13H2,1-4H3. The molecule has 21 heavy (non-hydrogen) atoms. The molecule has 5 heteroatoms. The fraction of sp³-hybridized carbons (Fsp3) is 0.625. The van der Waals surface area contributed by atoms with E-state index in [1.807, 2.05) is 32.0 Å². The van der Waals surface area contributed by atoms with E-state index >= 15 is 0 Å². The van der Waals surface area contributed by atoms with E-state index in [2.05, 4.69) is 12.2 Å². The average molecular weight is 312 g/mol. The molecule has 0 aromatic heterocycles. The van der Waals surface area contributed by atoms with E-state index < -0.39 is 10.0 Å². The Kier molecular flexibility index (Phi) is 7.35. The Morgan fingerprint density at radius 3 is 2.43 bits per heavy atom. The Morgan fingerprint density at radius 1 is 1.14 bits per heavy atom. The van der Waals surface area contributed by atoms with Crippen molar-refractivity contribution in [3.63, 3.8) is 0 Å². The van der Waals surface area contributed by atoms with Gasteiger partial charge in [-0.1, -0.05) is 32.9 Å². The Balaban J connectivity index is 3.10. The monoisotopic (exact) mass is 312 g/mol. The quantitative estimate of drug-likeness (QED) is 0.713. The molecule has 0 saturated carbocycles. The van der Waals surface area contributed by atoms with Crippen molar-refractivity contribution < 1.29 is 8.42 Å². The summed E-state index contributed by atoms with van der Waals surface area (Å²) in [5.74, 6) is 0. The lowest BCUT2D eigenvalue weighted by Crippen LogP contribution is -2.28. The predicted octanol–water partition coefficient (Wildman–Crippen LogP) is 2.78. The van der Waals surface area contributed by atoms with Crippen molar-refractivity contribution in [1.29, 1.82) is 0 Å². The number of hydrogen-bond donors (Lipinski definition) is 1. The van der Waals surface area contributed by atoms with Crippen LogP contribution in [0.3, 0.4) is 0 Å². The molecule has 1 rings (SSSR count). The summed E-state index contributed by atoms with van der Waals surface area (Å²) in [4.78, 5) is 0.455. The zero-order valence-electron chi connectivity index (χ0n) is 13.6. The molecule has 0 saturated heterocycles. The number of sulfonamides is 1. The van der Waals surface area contributed by atoms with E-state index in [0.717, 1.165) is 36.9 Å². The fourth-order valence-electron chi connectivity index (χ4n) is 2.25. The van der Waals surface area contributed by atoms with Gasteiger partial charge in [-0.05, 0) is 43.0 Å². The van der Waals surface area contributed by atoms with Gasteiger partial charge in [-0.25, -0.2) is 12.7 Å². The van der Waals surface area contributed by atoms with Crippen molar-refractivity contribution in [1.82, 2.24) is 9.62 Å². The van der Waals surface area contributed by atoms with Crippen molar-refractivity contribution in [2.24, 2.45) is 0 Å². The third-order valence-electron chi connectivity index (χ3n) is 3.50. The second-order valence-corrected chi connectivity index (χ2v) is 7.31. The fourth-order valence-corrected chi connectivity index (χ4v) is 3.86. The third-order valence-corrected chi connectivity index (χ3v) is 5.43. The maximum atomic E-state index is 12.7. The molecule has 0 heterocycles. The number of nitrogens with one attached hydrogen (secondary N) is 1. The van der Waals surface area contributed by atoms with Gasteiger partial charge < -0.3 is 5.32 Å². The van der Waals surface area contributed by atoms with E-state index in [1.165, 1.54) is 4.31 Å². The van der Waals surface area contributed by atoms with Gasteiger partial charge in [0.15, 0.2) is 0 Å². The largest absolute Gasteiger partial charge is 0.313 e. The lowest BCUT2D eigenvalue weighted by Gasteiger charge is -2.19. The molecule has 0 radical (unpaired) electrons. The van der Waals surface area contributed by atoms with Crippen LogP contribution in [0.15, 0.2) is 23.1 Å². The zero-order chi connectivity index (χ0) is 15.9. The summed E-state index contributed by atoms with van der Waals surface area (Å²) in [7, 11) is -1.74. The van der Waals surface area contributed by atoms with Crippen LogP contribution >= 0.6 is 0 Å². The molecule has 4 nitrogen and oxygen atoms in total. The minimum atomic E-state index is -3.39. The van der Waals surface area contributed by atoms with E-state index in [1.54, 1.807) is 7.05 Å². The van der Waals surface area contributed by atoms with Crippen molar-refractivity contribution in [2.45, 2.75) is 51.5 Å². The summed E-state index contributed by atoms with van der Waals surface area (Å²) in [6, 6.07) is 5.78. The van der Waals surface area contributed by atoms with Crippen LogP contribution in [0, 0.1) is 0 Å². The number of rotatable bonds is 9. The molecule has 0 unspecified atom stereocenters. The molecule has 0 spiro atoms. The first-order valence-corrected chi connectivity index (χ1v) is 9.20. The molecule has 0 atom stereocenters. The second kappa shape index (κ2) is 8.51. The van der Waals surface area contributed by atoms with Crippen molar-refractivity contribution in [3.8, 4) is 0 Å². The molecule has 0 aliphatic heterocycles. The summed E-state index contributed by atoms with van der Waals surface area (Å²) < 4.78 is 26.8. The van der Waals surface area contributed by atoms with Crippen LogP contribution < -0.4 is 5.32 Å². The SMILES string of the molecule is CCCNCc1ccc(CC)c(S(=O)(=O)N(C)CCC)c1. The summed E-state index contributed by atoms with van der Waals surface area (Å²) in [6.07, 6.45) is 2.60. The summed E-state index contributed by atoms with van der Waals surface area (Å²) in [6.45, 7) is 8.28. The van der Waals surface area contributed by atoms with Crippen LogP contribution in [0.1, 0.15) is 44.7 Å². The molecule has 0 aliphatic carbocycles. The van der Waals surface area contributed by atoms with Crippen molar-refractivity contribution in [2.75, 3.05) is 20.1 Å². The van der Waals surface area contributed by atoms with E-state index in [9.17, 15) is 8.42 Å². The van der Waals surface area contributed by atoms with Crippen LogP contribution in [0.4, 0.5) is 0 Å². The van der Waals surface area contributed by atoms with Crippen LogP contribution in [0.5, 0.6) is 0 Å². The van der Waals surface area contributed by atoms with Gasteiger partial charge >= 0.3 is 0 Å². The molecular weight excluding hydrogens is 284 g/mol. The van der Waals surface area contributed by atoms with Crippen molar-refractivity contribution >= 4 is 10.0 Å². The van der Waals surface area contributed by atoms with E-state index in [-0.39, 0.29) is 0 Å². The first-order valence-electron chi connectivity index (χ1n) is 7.76. The lowest BCUT2D eigenvalue weighted by atomic mass is 10.1. The van der Waals surface area contributed by atoms with Crippen LogP contribution in [0.25, 0.3) is 0 Å². The Morgan fingerprint density at radius 2 is 1.86 bits per heavy atom. The van der Waals surface area contributed by atoms with E-state index in [4.69, 9.17) is 0 Å².